The smallest absolute Gasteiger partial charge is 0.325 e. The topological polar surface area (TPSA) is 87.7 Å². The molecular formula is C19H25N3O4. The second kappa shape index (κ2) is 7.35. The number of nitrogens with zero attached hydrogens (tertiary/aromatic N) is 1. The van der Waals surface area contributed by atoms with Gasteiger partial charge in [-0.3, -0.25) is 14.5 Å². The van der Waals surface area contributed by atoms with Gasteiger partial charge in [0.1, 0.15) is 17.8 Å². The van der Waals surface area contributed by atoms with Crippen LogP contribution >= 0.6 is 0 Å². The molecule has 2 fully saturated rings. The third-order valence-corrected chi connectivity index (χ3v) is 5.26. The molecule has 0 bridgehead atoms. The van der Waals surface area contributed by atoms with Gasteiger partial charge in [0.15, 0.2) is 0 Å². The van der Waals surface area contributed by atoms with Gasteiger partial charge in [-0.2, -0.15) is 0 Å². The van der Waals surface area contributed by atoms with Crippen LogP contribution in [0.4, 0.5) is 10.5 Å². The summed E-state index contributed by atoms with van der Waals surface area (Å²) in [4.78, 5) is 38.7. The second-order valence-electron chi connectivity index (χ2n) is 6.92. The number of para-hydroxylation sites is 2. The number of imide groups is 1. The van der Waals surface area contributed by atoms with Crippen molar-refractivity contribution >= 4 is 23.5 Å². The summed E-state index contributed by atoms with van der Waals surface area (Å²) in [6, 6.07) is 6.58. The molecule has 0 unspecified atom stereocenters. The lowest BCUT2D eigenvalue weighted by molar-refractivity contribution is -0.136. The molecule has 7 heteroatoms. The van der Waals surface area contributed by atoms with Gasteiger partial charge in [0, 0.05) is 0 Å². The maximum Gasteiger partial charge on any atom is 0.325 e. The minimum Gasteiger partial charge on any atom is -0.492 e. The first-order valence-electron chi connectivity index (χ1n) is 9.13. The summed E-state index contributed by atoms with van der Waals surface area (Å²) in [5.74, 6) is -0.0959. The highest BCUT2D eigenvalue weighted by atomic mass is 16.5. The first kappa shape index (κ1) is 18.2. The van der Waals surface area contributed by atoms with Gasteiger partial charge in [-0.15, -0.1) is 0 Å². The molecule has 1 heterocycles. The number of ether oxygens (including phenoxy) is 1. The number of carbonyl (C=O) groups is 3. The summed E-state index contributed by atoms with van der Waals surface area (Å²) in [7, 11) is 0. The predicted molar refractivity (Wildman–Crippen MR) is 96.8 cm³/mol. The molecule has 1 saturated heterocycles. The summed E-state index contributed by atoms with van der Waals surface area (Å²) in [5.41, 5.74) is -0.328. The van der Waals surface area contributed by atoms with Crippen molar-refractivity contribution in [2.75, 3.05) is 18.5 Å². The molecule has 1 aromatic carbocycles. The zero-order chi connectivity index (χ0) is 18.7. The number of benzene rings is 1. The average Bonchev–Trinajstić information content (AvgIpc) is 2.85. The lowest BCUT2D eigenvalue weighted by atomic mass is 9.73. The van der Waals surface area contributed by atoms with Crippen LogP contribution in [0.3, 0.4) is 0 Å². The lowest BCUT2D eigenvalue weighted by Crippen LogP contribution is -2.54. The number of hydrogen-bond donors (Lipinski definition) is 2. The predicted octanol–water partition coefficient (Wildman–Crippen LogP) is 2.52. The van der Waals surface area contributed by atoms with Crippen LogP contribution in [0.25, 0.3) is 0 Å². The molecule has 0 radical (unpaired) electrons. The molecule has 1 aliphatic heterocycles. The number of rotatable bonds is 5. The van der Waals surface area contributed by atoms with Crippen LogP contribution in [-0.4, -0.2) is 41.4 Å². The molecule has 2 aliphatic rings. The number of carbonyl (C=O) groups excluding carboxylic acids is 3. The van der Waals surface area contributed by atoms with Gasteiger partial charge in [0.2, 0.25) is 5.91 Å². The van der Waals surface area contributed by atoms with E-state index in [-0.39, 0.29) is 18.4 Å². The lowest BCUT2D eigenvalue weighted by Gasteiger charge is -2.36. The summed E-state index contributed by atoms with van der Waals surface area (Å²) < 4.78 is 5.48. The molecule has 1 spiro atoms. The molecule has 0 aromatic heterocycles. The summed E-state index contributed by atoms with van der Waals surface area (Å²) >= 11 is 0. The van der Waals surface area contributed by atoms with Gasteiger partial charge in [-0.05, 0) is 37.8 Å². The fourth-order valence-corrected chi connectivity index (χ4v) is 3.82. The van der Waals surface area contributed by atoms with E-state index in [4.69, 9.17) is 4.74 Å². The Morgan fingerprint density at radius 2 is 2.12 bits per heavy atom. The van der Waals surface area contributed by atoms with Crippen molar-refractivity contribution in [3.63, 3.8) is 0 Å². The Hall–Kier alpha value is -2.57. The number of amides is 4. The zero-order valence-corrected chi connectivity index (χ0v) is 15.2. The van der Waals surface area contributed by atoms with Crippen molar-refractivity contribution < 1.29 is 19.1 Å². The van der Waals surface area contributed by atoms with Crippen molar-refractivity contribution in [1.82, 2.24) is 10.2 Å². The Labute approximate surface area is 153 Å². The average molecular weight is 359 g/mol. The van der Waals surface area contributed by atoms with Crippen LogP contribution in [0.5, 0.6) is 5.75 Å². The fourth-order valence-electron chi connectivity index (χ4n) is 3.82. The number of hydrogen-bond acceptors (Lipinski definition) is 4. The molecular weight excluding hydrogens is 334 g/mol. The summed E-state index contributed by atoms with van der Waals surface area (Å²) in [6.07, 6.45) is 3.48. The van der Waals surface area contributed by atoms with Crippen molar-refractivity contribution in [2.45, 2.75) is 45.1 Å². The largest absolute Gasteiger partial charge is 0.492 e. The molecule has 1 aromatic rings. The normalized spacial score (nSPS) is 25.3. The summed E-state index contributed by atoms with van der Waals surface area (Å²) in [5, 5.41) is 5.58. The van der Waals surface area contributed by atoms with Gasteiger partial charge >= 0.3 is 6.03 Å². The van der Waals surface area contributed by atoms with E-state index in [0.717, 1.165) is 24.2 Å². The molecule has 2 N–H and O–H groups in total. The maximum absolute atomic E-state index is 12.9. The van der Waals surface area contributed by atoms with E-state index in [1.807, 2.05) is 19.9 Å². The summed E-state index contributed by atoms with van der Waals surface area (Å²) in [6.45, 7) is 4.01. The van der Waals surface area contributed by atoms with Gasteiger partial charge in [-0.1, -0.05) is 31.9 Å². The molecule has 7 nitrogen and oxygen atoms in total. The van der Waals surface area contributed by atoms with Gasteiger partial charge < -0.3 is 15.4 Å². The van der Waals surface area contributed by atoms with E-state index >= 15 is 0 Å². The Balaban J connectivity index is 1.70. The van der Waals surface area contributed by atoms with E-state index in [9.17, 15) is 14.4 Å². The Morgan fingerprint density at radius 1 is 1.35 bits per heavy atom. The zero-order valence-electron chi connectivity index (χ0n) is 15.2. The molecule has 1 saturated carbocycles. The van der Waals surface area contributed by atoms with E-state index in [1.165, 1.54) is 0 Å². The highest BCUT2D eigenvalue weighted by Gasteiger charge is 2.55. The third kappa shape index (κ3) is 3.25. The molecule has 1 aliphatic carbocycles. The minimum absolute atomic E-state index is 0.0689. The fraction of sp³-hybridized carbons (Fsp3) is 0.526. The standard InChI is InChI=1S/C19H25N3O4/c1-3-26-15-10-5-4-9-14(15)20-16(23)12-22-17(24)19(21-18(22)25)11-7-6-8-13(19)2/h4-5,9-10,13H,3,6-8,11-12H2,1-2H3,(H,20,23)(H,21,25)/t13-,19+/m1/s1. The molecule has 2 atom stereocenters. The molecule has 3 rings (SSSR count). The highest BCUT2D eigenvalue weighted by Crippen LogP contribution is 2.38. The Morgan fingerprint density at radius 3 is 2.85 bits per heavy atom. The number of nitrogens with one attached hydrogen (secondary N) is 2. The van der Waals surface area contributed by atoms with Crippen LogP contribution in [-0.2, 0) is 9.59 Å². The third-order valence-electron chi connectivity index (χ3n) is 5.26. The minimum atomic E-state index is -0.848. The first-order valence-corrected chi connectivity index (χ1v) is 9.13. The van der Waals surface area contributed by atoms with Crippen molar-refractivity contribution in [3.8, 4) is 5.75 Å². The van der Waals surface area contributed by atoms with Crippen LogP contribution < -0.4 is 15.4 Å². The van der Waals surface area contributed by atoms with Crippen LogP contribution in [0.1, 0.15) is 39.5 Å². The second-order valence-corrected chi connectivity index (χ2v) is 6.92. The van der Waals surface area contributed by atoms with E-state index in [1.54, 1.807) is 18.2 Å². The van der Waals surface area contributed by atoms with E-state index in [2.05, 4.69) is 10.6 Å². The van der Waals surface area contributed by atoms with Gasteiger partial charge in [0.25, 0.3) is 5.91 Å². The Bertz CT molecular complexity index is 720. The van der Waals surface area contributed by atoms with E-state index in [0.29, 0.717) is 24.5 Å². The number of urea groups is 1. The van der Waals surface area contributed by atoms with Crippen LogP contribution in [0, 0.1) is 5.92 Å². The number of anilines is 1. The highest BCUT2D eigenvalue weighted by molar-refractivity contribution is 6.10. The molecule has 4 amide bonds. The SMILES string of the molecule is CCOc1ccccc1NC(=O)CN1C(=O)N[C@]2(CCCC[C@H]2C)C1=O. The quantitative estimate of drug-likeness (QED) is 0.791. The van der Waals surface area contributed by atoms with Crippen molar-refractivity contribution in [2.24, 2.45) is 5.92 Å². The monoisotopic (exact) mass is 359 g/mol. The Kier molecular flexibility index (Phi) is 5.15. The van der Waals surface area contributed by atoms with E-state index < -0.39 is 17.5 Å². The van der Waals surface area contributed by atoms with Crippen LogP contribution in [0.2, 0.25) is 0 Å². The van der Waals surface area contributed by atoms with Crippen molar-refractivity contribution in [1.29, 1.82) is 0 Å². The molecule has 26 heavy (non-hydrogen) atoms. The maximum atomic E-state index is 12.9. The van der Waals surface area contributed by atoms with Gasteiger partial charge in [-0.25, -0.2) is 4.79 Å². The van der Waals surface area contributed by atoms with Crippen LogP contribution in [0.15, 0.2) is 24.3 Å². The van der Waals surface area contributed by atoms with Gasteiger partial charge in [0.05, 0.1) is 12.3 Å². The van der Waals surface area contributed by atoms with Crippen molar-refractivity contribution in [3.05, 3.63) is 24.3 Å². The molecule has 140 valence electrons. The first-order chi connectivity index (χ1) is 12.5.